The Bertz CT molecular complexity index is 680. The van der Waals surface area contributed by atoms with E-state index in [-0.39, 0.29) is 4.47 Å². The molecule has 1 saturated heterocycles. The van der Waals surface area contributed by atoms with E-state index in [9.17, 15) is 13.2 Å². The first kappa shape index (κ1) is 17.3. The van der Waals surface area contributed by atoms with Crippen molar-refractivity contribution in [2.75, 3.05) is 31.1 Å². The Morgan fingerprint density at radius 1 is 0.917 bits per heavy atom. The Balaban J connectivity index is 1.65. The minimum atomic E-state index is -4.34. The topological polar surface area (TPSA) is 6.48 Å². The highest BCUT2D eigenvalue weighted by Crippen LogP contribution is 2.37. The Morgan fingerprint density at radius 2 is 1.58 bits per heavy atom. The van der Waals surface area contributed by atoms with Crippen LogP contribution in [0.15, 0.2) is 53.0 Å². The average molecular weight is 399 g/mol. The summed E-state index contributed by atoms with van der Waals surface area (Å²) >= 11 is 2.99. The van der Waals surface area contributed by atoms with Gasteiger partial charge in [-0.15, -0.1) is 0 Å². The third-order valence-corrected chi connectivity index (χ3v) is 4.93. The first-order valence-corrected chi connectivity index (χ1v) is 8.61. The Labute approximate surface area is 148 Å². The van der Waals surface area contributed by atoms with Crippen LogP contribution in [0.2, 0.25) is 0 Å². The number of hydrogen-bond donors (Lipinski definition) is 0. The van der Waals surface area contributed by atoms with E-state index < -0.39 is 11.7 Å². The summed E-state index contributed by atoms with van der Waals surface area (Å²) in [6.07, 6.45) is -4.34. The van der Waals surface area contributed by atoms with Crippen LogP contribution in [0.3, 0.4) is 0 Å². The van der Waals surface area contributed by atoms with E-state index in [4.69, 9.17) is 0 Å². The molecule has 128 valence electrons. The van der Waals surface area contributed by atoms with Crippen LogP contribution in [-0.4, -0.2) is 31.1 Å². The number of alkyl halides is 3. The van der Waals surface area contributed by atoms with Crippen LogP contribution in [0.5, 0.6) is 0 Å². The first-order valence-electron chi connectivity index (χ1n) is 7.81. The molecule has 1 heterocycles. The molecule has 0 saturated carbocycles. The van der Waals surface area contributed by atoms with Gasteiger partial charge in [0.05, 0.1) is 5.56 Å². The van der Waals surface area contributed by atoms with E-state index in [0.717, 1.165) is 32.7 Å². The summed E-state index contributed by atoms with van der Waals surface area (Å²) in [6, 6.07) is 14.7. The molecule has 0 aromatic heterocycles. The molecule has 0 N–H and O–H groups in total. The molecular formula is C18H18BrF3N2. The molecule has 2 aromatic rings. The van der Waals surface area contributed by atoms with Crippen LogP contribution in [0.4, 0.5) is 18.9 Å². The van der Waals surface area contributed by atoms with Gasteiger partial charge >= 0.3 is 6.18 Å². The number of benzene rings is 2. The second-order valence-corrected chi connectivity index (χ2v) is 6.77. The van der Waals surface area contributed by atoms with E-state index in [1.165, 1.54) is 17.7 Å². The number of hydrogen-bond acceptors (Lipinski definition) is 2. The zero-order chi connectivity index (χ0) is 17.2. The molecular weight excluding hydrogens is 381 g/mol. The highest BCUT2D eigenvalue weighted by atomic mass is 79.9. The quantitative estimate of drug-likeness (QED) is 0.733. The van der Waals surface area contributed by atoms with Gasteiger partial charge in [0, 0.05) is 42.9 Å². The maximum Gasteiger partial charge on any atom is 0.417 e. The zero-order valence-corrected chi connectivity index (χ0v) is 14.6. The van der Waals surface area contributed by atoms with E-state index in [0.29, 0.717) is 5.69 Å². The molecule has 0 bridgehead atoms. The largest absolute Gasteiger partial charge is 0.417 e. The molecule has 1 aliphatic rings. The third-order valence-electron chi connectivity index (χ3n) is 4.24. The lowest BCUT2D eigenvalue weighted by atomic mass is 10.1. The monoisotopic (exact) mass is 398 g/mol. The summed E-state index contributed by atoms with van der Waals surface area (Å²) in [5.41, 5.74) is 1.27. The fourth-order valence-corrected chi connectivity index (χ4v) is 3.40. The van der Waals surface area contributed by atoms with Gasteiger partial charge in [0.15, 0.2) is 0 Å². The molecule has 0 spiro atoms. The van der Waals surface area contributed by atoms with Crippen LogP contribution in [0.1, 0.15) is 11.1 Å². The molecule has 24 heavy (non-hydrogen) atoms. The molecule has 0 atom stereocenters. The third kappa shape index (κ3) is 4.11. The minimum absolute atomic E-state index is 0.0847. The molecule has 3 rings (SSSR count). The first-order chi connectivity index (χ1) is 11.4. The number of rotatable bonds is 3. The van der Waals surface area contributed by atoms with Crippen molar-refractivity contribution in [3.63, 3.8) is 0 Å². The van der Waals surface area contributed by atoms with Crippen LogP contribution in [0.25, 0.3) is 0 Å². The van der Waals surface area contributed by atoms with Crippen molar-refractivity contribution in [1.29, 1.82) is 0 Å². The van der Waals surface area contributed by atoms with Gasteiger partial charge in [-0.3, -0.25) is 4.90 Å². The molecule has 2 aromatic carbocycles. The highest BCUT2D eigenvalue weighted by Gasteiger charge is 2.33. The fourth-order valence-electron chi connectivity index (χ4n) is 2.93. The van der Waals surface area contributed by atoms with Gasteiger partial charge in [-0.25, -0.2) is 0 Å². The summed E-state index contributed by atoms with van der Waals surface area (Å²) in [6.45, 7) is 4.01. The number of piperazine rings is 1. The lowest BCUT2D eigenvalue weighted by molar-refractivity contribution is -0.138. The van der Waals surface area contributed by atoms with Crippen molar-refractivity contribution in [2.45, 2.75) is 12.7 Å². The summed E-state index contributed by atoms with van der Waals surface area (Å²) in [5.74, 6) is 0. The highest BCUT2D eigenvalue weighted by molar-refractivity contribution is 9.10. The Morgan fingerprint density at radius 3 is 2.21 bits per heavy atom. The number of nitrogens with zero attached hydrogens (tertiary/aromatic N) is 2. The predicted octanol–water partition coefficient (Wildman–Crippen LogP) is 4.79. The summed E-state index contributed by atoms with van der Waals surface area (Å²) < 4.78 is 39.2. The van der Waals surface area contributed by atoms with Crippen LogP contribution in [0, 0.1) is 0 Å². The van der Waals surface area contributed by atoms with Gasteiger partial charge in [0.2, 0.25) is 0 Å². The molecule has 6 heteroatoms. The minimum Gasteiger partial charge on any atom is -0.369 e. The van der Waals surface area contributed by atoms with E-state index >= 15 is 0 Å². The van der Waals surface area contributed by atoms with Crippen molar-refractivity contribution in [1.82, 2.24) is 4.90 Å². The standard InChI is InChI=1S/C18H18BrF3N2/c19-17-7-6-15(12-16(17)18(20,21)22)24-10-8-23(9-11-24)13-14-4-2-1-3-5-14/h1-7,12H,8-11,13H2. The molecule has 0 unspecified atom stereocenters. The number of halogens is 4. The molecule has 0 radical (unpaired) electrons. The van der Waals surface area contributed by atoms with Crippen LogP contribution >= 0.6 is 15.9 Å². The smallest absolute Gasteiger partial charge is 0.369 e. The van der Waals surface area contributed by atoms with Gasteiger partial charge in [0.25, 0.3) is 0 Å². The van der Waals surface area contributed by atoms with Gasteiger partial charge in [-0.1, -0.05) is 46.3 Å². The second-order valence-electron chi connectivity index (χ2n) is 5.91. The van der Waals surface area contributed by atoms with E-state index in [1.54, 1.807) is 6.07 Å². The predicted molar refractivity (Wildman–Crippen MR) is 93.1 cm³/mol. The van der Waals surface area contributed by atoms with Gasteiger partial charge < -0.3 is 4.90 Å². The van der Waals surface area contributed by atoms with Crippen molar-refractivity contribution in [2.24, 2.45) is 0 Å². The molecule has 0 amide bonds. The molecule has 0 aliphatic carbocycles. The van der Waals surface area contributed by atoms with Crippen LogP contribution < -0.4 is 4.90 Å². The van der Waals surface area contributed by atoms with Crippen molar-refractivity contribution in [3.8, 4) is 0 Å². The summed E-state index contributed by atoms with van der Waals surface area (Å²) in [4.78, 5) is 4.35. The number of anilines is 1. The van der Waals surface area contributed by atoms with Gasteiger partial charge in [-0.05, 0) is 23.8 Å². The van der Waals surface area contributed by atoms with E-state index in [2.05, 4.69) is 33.0 Å². The maximum absolute atomic E-state index is 13.0. The van der Waals surface area contributed by atoms with Crippen molar-refractivity contribution < 1.29 is 13.2 Å². The maximum atomic E-state index is 13.0. The SMILES string of the molecule is FC(F)(F)c1cc(N2CCN(Cc3ccccc3)CC2)ccc1Br. The lowest BCUT2D eigenvalue weighted by Gasteiger charge is -2.36. The van der Waals surface area contributed by atoms with Crippen LogP contribution in [-0.2, 0) is 12.7 Å². The fraction of sp³-hybridized carbons (Fsp3) is 0.333. The molecule has 2 nitrogen and oxygen atoms in total. The summed E-state index contributed by atoms with van der Waals surface area (Å²) in [7, 11) is 0. The van der Waals surface area contributed by atoms with Crippen molar-refractivity contribution in [3.05, 3.63) is 64.1 Å². The van der Waals surface area contributed by atoms with E-state index in [1.807, 2.05) is 23.1 Å². The van der Waals surface area contributed by atoms with Crippen molar-refractivity contribution >= 4 is 21.6 Å². The molecule has 1 fully saturated rings. The second kappa shape index (κ2) is 7.15. The normalized spacial score (nSPS) is 16.4. The Kier molecular flexibility index (Phi) is 5.15. The molecule has 1 aliphatic heterocycles. The lowest BCUT2D eigenvalue weighted by Crippen LogP contribution is -2.46. The van der Waals surface area contributed by atoms with Gasteiger partial charge in [-0.2, -0.15) is 13.2 Å². The average Bonchev–Trinajstić information content (AvgIpc) is 2.56. The summed E-state index contributed by atoms with van der Waals surface area (Å²) in [5, 5.41) is 0. The Hall–Kier alpha value is -1.53. The zero-order valence-electron chi connectivity index (χ0n) is 13.1. The van der Waals surface area contributed by atoms with Gasteiger partial charge in [0.1, 0.15) is 0 Å².